The lowest BCUT2D eigenvalue weighted by Gasteiger charge is -2.14. The van der Waals surface area contributed by atoms with E-state index in [-0.39, 0.29) is 22.3 Å². The predicted molar refractivity (Wildman–Crippen MR) is 84.7 cm³/mol. The largest absolute Gasteiger partial charge is 0.489 e. The molecule has 1 aliphatic carbocycles. The van der Waals surface area contributed by atoms with Gasteiger partial charge in [0, 0.05) is 13.1 Å². The van der Waals surface area contributed by atoms with Gasteiger partial charge in [0.2, 0.25) is 0 Å². The van der Waals surface area contributed by atoms with Crippen LogP contribution in [-0.4, -0.2) is 15.9 Å². The lowest BCUT2D eigenvalue weighted by atomic mass is 10.0. The van der Waals surface area contributed by atoms with Gasteiger partial charge < -0.3 is 4.74 Å². The molecule has 0 amide bonds. The number of halogens is 3. The van der Waals surface area contributed by atoms with Gasteiger partial charge in [-0.05, 0) is 35.4 Å². The quantitative estimate of drug-likeness (QED) is 0.712. The average molecular weight is 418 g/mol. The molecular formula is C14H10ClFIN3O. The molecule has 0 spiro atoms. The van der Waals surface area contributed by atoms with E-state index in [4.69, 9.17) is 16.3 Å². The lowest BCUT2D eigenvalue weighted by Crippen LogP contribution is -2.04. The fourth-order valence-corrected chi connectivity index (χ4v) is 3.02. The topological polar surface area (TPSA) is 50.8 Å². The minimum Gasteiger partial charge on any atom is -0.489 e. The van der Waals surface area contributed by atoms with Crippen LogP contribution in [0.4, 0.5) is 4.39 Å². The lowest BCUT2D eigenvalue weighted by molar-refractivity contribution is 0.302. The molecule has 4 nitrogen and oxygen atoms in total. The van der Waals surface area contributed by atoms with Crippen molar-refractivity contribution in [3.8, 4) is 23.1 Å². The number of nitrogens with zero attached hydrogens (tertiary/aromatic N) is 3. The first-order chi connectivity index (χ1) is 10.0. The molecular weight excluding hydrogens is 408 g/mol. The van der Waals surface area contributed by atoms with Crippen molar-refractivity contribution >= 4 is 34.2 Å². The summed E-state index contributed by atoms with van der Waals surface area (Å²) in [6.45, 7) is 0. The maximum atomic E-state index is 14.5. The van der Waals surface area contributed by atoms with E-state index in [0.29, 0.717) is 11.4 Å². The number of benzene rings is 1. The van der Waals surface area contributed by atoms with E-state index in [1.165, 1.54) is 10.7 Å². The van der Waals surface area contributed by atoms with Crippen molar-refractivity contribution < 1.29 is 9.13 Å². The molecule has 3 rings (SSSR count). The Morgan fingerprint density at radius 1 is 1.57 bits per heavy atom. The zero-order valence-corrected chi connectivity index (χ0v) is 13.9. The third-order valence-electron chi connectivity index (χ3n) is 3.24. The minimum atomic E-state index is -0.627. The highest BCUT2D eigenvalue weighted by Gasteiger charge is 2.29. The number of ether oxygens (including phenoxy) is 1. The Kier molecular flexibility index (Phi) is 3.80. The molecule has 0 aliphatic heterocycles. The second-order valence-electron chi connectivity index (χ2n) is 4.81. The van der Waals surface area contributed by atoms with Gasteiger partial charge in [0.1, 0.15) is 17.4 Å². The van der Waals surface area contributed by atoms with Gasteiger partial charge in [-0.15, -0.1) is 0 Å². The van der Waals surface area contributed by atoms with Crippen LogP contribution in [0.25, 0.3) is 11.3 Å². The Bertz CT molecular complexity index is 745. The summed E-state index contributed by atoms with van der Waals surface area (Å²) in [5, 5.41) is 13.5. The van der Waals surface area contributed by atoms with Gasteiger partial charge in [-0.2, -0.15) is 10.4 Å². The van der Waals surface area contributed by atoms with E-state index < -0.39 is 5.82 Å². The molecule has 1 aliphatic rings. The van der Waals surface area contributed by atoms with Crippen LogP contribution in [0.2, 0.25) is 5.02 Å². The fourth-order valence-electron chi connectivity index (χ4n) is 2.09. The third-order valence-corrected chi connectivity index (χ3v) is 4.31. The fraction of sp³-hybridized carbons (Fsp3) is 0.286. The second-order valence-corrected chi connectivity index (χ2v) is 6.38. The number of nitriles is 1. The van der Waals surface area contributed by atoms with Crippen molar-refractivity contribution in [1.29, 1.82) is 5.26 Å². The standard InChI is InChI=1S/C14H10ClFIN3O/c1-20-14(10(17)6-19-20)12-8(5-18)11(21-7-2-3-7)4-9(15)13(12)16/h4,6-7H,2-3H2,1H3. The van der Waals surface area contributed by atoms with Crippen molar-refractivity contribution in [3.63, 3.8) is 0 Å². The van der Waals surface area contributed by atoms with Crippen molar-refractivity contribution in [2.24, 2.45) is 7.05 Å². The van der Waals surface area contributed by atoms with E-state index in [1.54, 1.807) is 13.2 Å². The molecule has 1 saturated carbocycles. The van der Waals surface area contributed by atoms with Crippen LogP contribution >= 0.6 is 34.2 Å². The Hall–Kier alpha value is -1.33. The summed E-state index contributed by atoms with van der Waals surface area (Å²) in [4.78, 5) is 0. The van der Waals surface area contributed by atoms with Crippen LogP contribution in [0, 0.1) is 20.7 Å². The molecule has 0 saturated heterocycles. The molecule has 21 heavy (non-hydrogen) atoms. The average Bonchev–Trinajstić information content (AvgIpc) is 3.20. The first-order valence-electron chi connectivity index (χ1n) is 6.29. The van der Waals surface area contributed by atoms with Gasteiger partial charge in [-0.3, -0.25) is 4.68 Å². The normalized spacial score (nSPS) is 14.0. The van der Waals surface area contributed by atoms with E-state index >= 15 is 0 Å². The minimum absolute atomic E-state index is 0.0587. The molecule has 1 fully saturated rings. The summed E-state index contributed by atoms with van der Waals surface area (Å²) in [5.74, 6) is -0.295. The van der Waals surface area contributed by atoms with Crippen LogP contribution in [0.15, 0.2) is 12.3 Å². The van der Waals surface area contributed by atoms with Gasteiger partial charge in [-0.1, -0.05) is 11.6 Å². The van der Waals surface area contributed by atoms with Gasteiger partial charge >= 0.3 is 0 Å². The number of aromatic nitrogens is 2. The maximum absolute atomic E-state index is 14.5. The monoisotopic (exact) mass is 417 g/mol. The SMILES string of the molecule is Cn1ncc(I)c1-c1c(F)c(Cl)cc(OC2CC2)c1C#N. The molecule has 1 aromatic carbocycles. The Morgan fingerprint density at radius 3 is 2.81 bits per heavy atom. The van der Waals surface area contributed by atoms with Crippen LogP contribution < -0.4 is 4.74 Å². The van der Waals surface area contributed by atoms with E-state index in [1.807, 2.05) is 6.07 Å². The number of rotatable bonds is 3. The van der Waals surface area contributed by atoms with Crippen LogP contribution in [0.5, 0.6) is 5.75 Å². The van der Waals surface area contributed by atoms with E-state index in [2.05, 4.69) is 27.7 Å². The molecule has 108 valence electrons. The number of hydrogen-bond donors (Lipinski definition) is 0. The summed E-state index contributed by atoms with van der Waals surface area (Å²) < 4.78 is 22.5. The Labute approximate surface area is 139 Å². The molecule has 0 bridgehead atoms. The van der Waals surface area contributed by atoms with Crippen molar-refractivity contribution in [1.82, 2.24) is 9.78 Å². The summed E-state index contributed by atoms with van der Waals surface area (Å²) in [6.07, 6.45) is 3.59. The van der Waals surface area contributed by atoms with Crippen LogP contribution in [0.1, 0.15) is 18.4 Å². The highest BCUT2D eigenvalue weighted by molar-refractivity contribution is 14.1. The zero-order chi connectivity index (χ0) is 15.1. The smallest absolute Gasteiger partial charge is 0.152 e. The summed E-state index contributed by atoms with van der Waals surface area (Å²) in [7, 11) is 1.69. The van der Waals surface area contributed by atoms with Crippen molar-refractivity contribution in [2.75, 3.05) is 0 Å². The van der Waals surface area contributed by atoms with Crippen LogP contribution in [0.3, 0.4) is 0 Å². The van der Waals surface area contributed by atoms with Gasteiger partial charge in [0.25, 0.3) is 0 Å². The van der Waals surface area contributed by atoms with Crippen LogP contribution in [-0.2, 0) is 7.05 Å². The summed E-state index contributed by atoms with van der Waals surface area (Å²) in [5.41, 5.74) is 0.822. The molecule has 2 aromatic rings. The molecule has 0 N–H and O–H groups in total. The van der Waals surface area contributed by atoms with Crippen molar-refractivity contribution in [3.05, 3.63) is 32.2 Å². The molecule has 0 unspecified atom stereocenters. The number of hydrogen-bond acceptors (Lipinski definition) is 3. The Balaban J connectivity index is 2.27. The van der Waals surface area contributed by atoms with E-state index in [0.717, 1.165) is 16.4 Å². The highest BCUT2D eigenvalue weighted by Crippen LogP contribution is 2.40. The highest BCUT2D eigenvalue weighted by atomic mass is 127. The first-order valence-corrected chi connectivity index (χ1v) is 7.75. The van der Waals surface area contributed by atoms with Gasteiger partial charge in [0.05, 0.1) is 32.2 Å². The molecule has 0 atom stereocenters. The Morgan fingerprint density at radius 2 is 2.29 bits per heavy atom. The first kappa shape index (κ1) is 14.6. The third kappa shape index (κ3) is 2.60. The zero-order valence-electron chi connectivity index (χ0n) is 11.0. The summed E-state index contributed by atoms with van der Waals surface area (Å²) in [6, 6.07) is 3.42. The predicted octanol–water partition coefficient (Wildman–Crippen LogP) is 3.90. The van der Waals surface area contributed by atoms with E-state index in [9.17, 15) is 9.65 Å². The van der Waals surface area contributed by atoms with Gasteiger partial charge in [0.15, 0.2) is 5.82 Å². The molecule has 7 heteroatoms. The second kappa shape index (κ2) is 5.46. The maximum Gasteiger partial charge on any atom is 0.152 e. The van der Waals surface area contributed by atoms with Gasteiger partial charge in [-0.25, -0.2) is 4.39 Å². The molecule has 0 radical (unpaired) electrons. The summed E-state index contributed by atoms with van der Waals surface area (Å²) >= 11 is 8.03. The van der Waals surface area contributed by atoms with Crippen molar-refractivity contribution in [2.45, 2.75) is 18.9 Å². The molecule has 1 heterocycles. The molecule has 1 aromatic heterocycles. The number of aryl methyl sites for hydroxylation is 1.